The molecular weight excluding hydrogens is 600 g/mol. The molecule has 1 saturated heterocycles. The van der Waals surface area contributed by atoms with E-state index in [2.05, 4.69) is 83.0 Å². The predicted molar refractivity (Wildman–Crippen MR) is 196 cm³/mol. The Morgan fingerprint density at radius 3 is 2.33 bits per heavy atom. The summed E-state index contributed by atoms with van der Waals surface area (Å²) < 4.78 is 0. The summed E-state index contributed by atoms with van der Waals surface area (Å²) in [4.78, 5) is 49.0. The van der Waals surface area contributed by atoms with Crippen molar-refractivity contribution in [2.45, 2.75) is 106 Å². The van der Waals surface area contributed by atoms with Crippen molar-refractivity contribution in [3.05, 3.63) is 62.1 Å². The fourth-order valence-corrected chi connectivity index (χ4v) is 6.88. The second kappa shape index (κ2) is 16.7. The summed E-state index contributed by atoms with van der Waals surface area (Å²) in [5.74, 6) is 6.70. The van der Waals surface area contributed by atoms with Gasteiger partial charge < -0.3 is 25.4 Å². The van der Waals surface area contributed by atoms with Crippen molar-refractivity contribution in [2.24, 2.45) is 5.41 Å². The average molecular weight is 659 g/mol. The topological polar surface area (TPSA) is 101 Å². The fourth-order valence-electron chi connectivity index (χ4n) is 6.88. The van der Waals surface area contributed by atoms with Crippen LogP contribution in [-0.2, 0) is 11.3 Å². The zero-order valence-electron chi connectivity index (χ0n) is 30.6. The number of carbonyl (C=O) groups excluding carboxylic acids is 2. The maximum absolute atomic E-state index is 13.8. The third-order valence-electron chi connectivity index (χ3n) is 9.93. The molecule has 0 bridgehead atoms. The second-order valence-electron chi connectivity index (χ2n) is 15.1. The largest absolute Gasteiger partial charge is 0.369 e. The Morgan fingerprint density at radius 2 is 1.71 bits per heavy atom. The van der Waals surface area contributed by atoms with Gasteiger partial charge >= 0.3 is 0 Å². The molecule has 4 rings (SSSR count). The number of hydrogen-bond acceptors (Lipinski definition) is 6. The van der Waals surface area contributed by atoms with Crippen LogP contribution in [0.15, 0.2) is 23.0 Å². The van der Waals surface area contributed by atoms with Crippen LogP contribution in [0.1, 0.15) is 105 Å². The van der Waals surface area contributed by atoms with Crippen LogP contribution in [-0.4, -0.2) is 85.0 Å². The molecule has 262 valence electrons. The van der Waals surface area contributed by atoms with E-state index < -0.39 is 0 Å². The number of nitrogens with zero attached hydrogens (tertiary/aromatic N) is 3. The van der Waals surface area contributed by atoms with Gasteiger partial charge in [-0.15, -0.1) is 0 Å². The first-order valence-corrected chi connectivity index (χ1v) is 17.8. The third-order valence-corrected chi connectivity index (χ3v) is 9.93. The molecule has 48 heavy (non-hydrogen) atoms. The van der Waals surface area contributed by atoms with E-state index in [-0.39, 0.29) is 35.4 Å². The highest BCUT2D eigenvalue weighted by Crippen LogP contribution is 2.32. The van der Waals surface area contributed by atoms with Gasteiger partial charge in [0.05, 0.1) is 6.54 Å². The zero-order chi connectivity index (χ0) is 35.0. The minimum atomic E-state index is -0.214. The zero-order valence-corrected chi connectivity index (χ0v) is 30.6. The molecule has 1 aliphatic carbocycles. The van der Waals surface area contributed by atoms with E-state index in [0.29, 0.717) is 30.1 Å². The van der Waals surface area contributed by atoms with Crippen molar-refractivity contribution >= 4 is 17.5 Å². The second-order valence-corrected chi connectivity index (χ2v) is 15.1. The average Bonchev–Trinajstić information content (AvgIpc) is 3.02. The number of carbonyl (C=O) groups is 2. The SMILES string of the molecule is CCN(c1cc(C#CCN2CCN(C)CC2)cc(C(=O)NCc2c(C)cc(C)[nH]c2=O)c1C)C1CCC(NC(=O)CCC(C)(C)C)CC1. The number of H-pyrrole nitrogens is 1. The number of pyridine rings is 1. The summed E-state index contributed by atoms with van der Waals surface area (Å²) in [5, 5.41) is 6.31. The molecule has 0 unspecified atom stereocenters. The van der Waals surface area contributed by atoms with E-state index in [4.69, 9.17) is 0 Å². The van der Waals surface area contributed by atoms with E-state index in [0.717, 1.165) is 92.9 Å². The van der Waals surface area contributed by atoms with Crippen LogP contribution >= 0.6 is 0 Å². The first kappa shape index (κ1) is 37.2. The molecule has 9 nitrogen and oxygen atoms in total. The molecule has 9 heteroatoms. The molecule has 2 amide bonds. The maximum atomic E-state index is 13.8. The summed E-state index contributed by atoms with van der Waals surface area (Å²) in [6, 6.07) is 6.47. The smallest absolute Gasteiger partial charge is 0.253 e. The van der Waals surface area contributed by atoms with E-state index in [9.17, 15) is 14.4 Å². The highest BCUT2D eigenvalue weighted by Gasteiger charge is 2.28. The summed E-state index contributed by atoms with van der Waals surface area (Å²) >= 11 is 0. The van der Waals surface area contributed by atoms with Gasteiger partial charge in [-0.05, 0) is 102 Å². The minimum Gasteiger partial charge on any atom is -0.369 e. The summed E-state index contributed by atoms with van der Waals surface area (Å²) in [5.41, 5.74) is 5.52. The standard InChI is InChI=1S/C39H58N6O3/c1-9-45(32-14-12-31(13-15-32)42-36(46)16-17-39(5,6)7)35-25-30(11-10-18-44-21-19-43(8)20-22-44)24-33(29(35)4)37(47)40-26-34-27(2)23-28(3)41-38(34)48/h23-25,31-32H,9,12-22,26H2,1-8H3,(H,40,47)(H,41,48)(H,42,46). The first-order chi connectivity index (χ1) is 22.7. The Hall–Kier alpha value is -3.61. The number of benzene rings is 1. The highest BCUT2D eigenvalue weighted by atomic mass is 16.2. The molecule has 1 aromatic heterocycles. The van der Waals surface area contributed by atoms with Gasteiger partial charge in [-0.2, -0.15) is 0 Å². The van der Waals surface area contributed by atoms with Gasteiger partial charge in [0, 0.05) is 85.8 Å². The Morgan fingerprint density at radius 1 is 1.02 bits per heavy atom. The van der Waals surface area contributed by atoms with Crippen molar-refractivity contribution in [3.63, 3.8) is 0 Å². The van der Waals surface area contributed by atoms with Gasteiger partial charge in [-0.1, -0.05) is 32.6 Å². The lowest BCUT2D eigenvalue weighted by Crippen LogP contribution is -2.44. The van der Waals surface area contributed by atoms with E-state index in [1.54, 1.807) is 0 Å². The maximum Gasteiger partial charge on any atom is 0.253 e. The van der Waals surface area contributed by atoms with Gasteiger partial charge in [0.25, 0.3) is 11.5 Å². The molecular formula is C39H58N6O3. The van der Waals surface area contributed by atoms with Crippen molar-refractivity contribution in [1.29, 1.82) is 0 Å². The molecule has 2 aromatic rings. The van der Waals surface area contributed by atoms with Crippen molar-refractivity contribution in [3.8, 4) is 11.8 Å². The number of amides is 2. The number of piperazine rings is 1. The summed E-state index contributed by atoms with van der Waals surface area (Å²) in [6.07, 6.45) is 5.24. The number of aromatic nitrogens is 1. The van der Waals surface area contributed by atoms with E-state index in [1.807, 2.05) is 32.9 Å². The molecule has 1 saturated carbocycles. The van der Waals surface area contributed by atoms with Gasteiger partial charge in [0.2, 0.25) is 5.91 Å². The van der Waals surface area contributed by atoms with Crippen LogP contribution in [0.25, 0.3) is 0 Å². The molecule has 0 radical (unpaired) electrons. The summed E-state index contributed by atoms with van der Waals surface area (Å²) in [6.45, 7) is 20.2. The number of aryl methyl sites for hydroxylation is 2. The molecule has 2 aliphatic rings. The molecule has 1 aliphatic heterocycles. The van der Waals surface area contributed by atoms with Gasteiger partial charge in [0.15, 0.2) is 0 Å². The van der Waals surface area contributed by atoms with Crippen molar-refractivity contribution in [1.82, 2.24) is 25.4 Å². The summed E-state index contributed by atoms with van der Waals surface area (Å²) in [7, 11) is 2.15. The number of aromatic amines is 1. The van der Waals surface area contributed by atoms with Crippen LogP contribution in [0.5, 0.6) is 0 Å². The molecule has 3 N–H and O–H groups in total. The quantitative estimate of drug-likeness (QED) is 0.314. The number of nitrogens with one attached hydrogen (secondary N) is 3. The van der Waals surface area contributed by atoms with Crippen LogP contribution in [0.4, 0.5) is 5.69 Å². The molecule has 2 heterocycles. The Bertz CT molecular complexity index is 1550. The minimum absolute atomic E-state index is 0.144. The lowest BCUT2D eigenvalue weighted by Gasteiger charge is -2.39. The normalized spacial score (nSPS) is 18.9. The first-order valence-electron chi connectivity index (χ1n) is 17.8. The monoisotopic (exact) mass is 658 g/mol. The predicted octanol–water partition coefficient (Wildman–Crippen LogP) is 4.91. The van der Waals surface area contributed by atoms with Crippen molar-refractivity contribution < 1.29 is 9.59 Å². The Labute approximate surface area is 288 Å². The Kier molecular flexibility index (Phi) is 12.9. The van der Waals surface area contributed by atoms with Crippen LogP contribution in [0.2, 0.25) is 0 Å². The third kappa shape index (κ3) is 10.4. The van der Waals surface area contributed by atoms with Crippen LogP contribution in [0.3, 0.4) is 0 Å². The lowest BCUT2D eigenvalue weighted by atomic mass is 9.88. The molecule has 0 atom stereocenters. The number of hydrogen-bond donors (Lipinski definition) is 3. The van der Waals surface area contributed by atoms with Crippen LogP contribution in [0, 0.1) is 38.0 Å². The van der Waals surface area contributed by atoms with E-state index in [1.165, 1.54) is 0 Å². The van der Waals surface area contributed by atoms with Crippen molar-refractivity contribution in [2.75, 3.05) is 51.2 Å². The molecule has 2 fully saturated rings. The van der Waals surface area contributed by atoms with Gasteiger partial charge in [-0.25, -0.2) is 0 Å². The number of likely N-dealkylation sites (N-methyl/N-ethyl adjacent to an activating group) is 1. The van der Waals surface area contributed by atoms with E-state index >= 15 is 0 Å². The lowest BCUT2D eigenvalue weighted by molar-refractivity contribution is -0.122. The number of anilines is 1. The van der Waals surface area contributed by atoms with Gasteiger partial charge in [0.1, 0.15) is 0 Å². The highest BCUT2D eigenvalue weighted by molar-refractivity contribution is 5.97. The molecule has 1 aromatic carbocycles. The number of rotatable bonds is 10. The molecule has 0 spiro atoms. The van der Waals surface area contributed by atoms with Crippen LogP contribution < -0.4 is 21.1 Å². The fraction of sp³-hybridized carbons (Fsp3) is 0.615. The Balaban J connectivity index is 1.54. The van der Waals surface area contributed by atoms with Gasteiger partial charge in [-0.3, -0.25) is 19.3 Å².